The first kappa shape index (κ1) is 20.2. The lowest BCUT2D eigenvalue weighted by molar-refractivity contribution is -0.120. The van der Waals surface area contributed by atoms with Crippen molar-refractivity contribution >= 4 is 22.6 Å². The van der Waals surface area contributed by atoms with E-state index >= 15 is 0 Å². The first-order chi connectivity index (χ1) is 14.0. The molecule has 0 aliphatic carbocycles. The molecule has 0 radical (unpaired) electrons. The highest BCUT2D eigenvalue weighted by atomic mass is 16.5. The molecule has 0 saturated heterocycles. The highest BCUT2D eigenvalue weighted by molar-refractivity contribution is 5.97. The lowest BCUT2D eigenvalue weighted by atomic mass is 10.0. The Morgan fingerprint density at radius 3 is 2.21 bits per heavy atom. The third-order valence-corrected chi connectivity index (χ3v) is 4.67. The maximum atomic E-state index is 12.4. The molecular formula is C23H24N2O4. The number of rotatable bonds is 7. The zero-order chi connectivity index (χ0) is 20.8. The van der Waals surface area contributed by atoms with Gasteiger partial charge in [0.1, 0.15) is 11.5 Å². The highest BCUT2D eigenvalue weighted by Gasteiger charge is 2.14. The predicted molar refractivity (Wildman–Crippen MR) is 112 cm³/mol. The summed E-state index contributed by atoms with van der Waals surface area (Å²) in [4.78, 5) is 24.7. The predicted octanol–water partition coefficient (Wildman–Crippen LogP) is 3.46. The van der Waals surface area contributed by atoms with Crippen LogP contribution in [0.1, 0.15) is 28.9 Å². The highest BCUT2D eigenvalue weighted by Crippen LogP contribution is 2.22. The van der Waals surface area contributed by atoms with Crippen LogP contribution >= 0.6 is 0 Å². The molecule has 0 unspecified atom stereocenters. The average Bonchev–Trinajstić information content (AvgIpc) is 2.76. The van der Waals surface area contributed by atoms with Crippen LogP contribution in [0, 0.1) is 0 Å². The van der Waals surface area contributed by atoms with E-state index in [4.69, 9.17) is 9.47 Å². The quantitative estimate of drug-likeness (QED) is 0.646. The van der Waals surface area contributed by atoms with E-state index in [0.29, 0.717) is 17.1 Å². The van der Waals surface area contributed by atoms with E-state index in [1.165, 1.54) is 14.2 Å². The summed E-state index contributed by atoms with van der Waals surface area (Å²) >= 11 is 0. The molecule has 6 nitrogen and oxygen atoms in total. The summed E-state index contributed by atoms with van der Waals surface area (Å²) in [6.45, 7) is 1.78. The van der Waals surface area contributed by atoms with E-state index in [-0.39, 0.29) is 24.4 Å². The Kier molecular flexibility index (Phi) is 6.34. The zero-order valence-electron chi connectivity index (χ0n) is 16.7. The number of hydrogen-bond acceptors (Lipinski definition) is 4. The van der Waals surface area contributed by atoms with E-state index < -0.39 is 0 Å². The van der Waals surface area contributed by atoms with E-state index in [1.807, 2.05) is 43.3 Å². The van der Waals surface area contributed by atoms with Crippen LogP contribution in [0.15, 0.2) is 60.7 Å². The van der Waals surface area contributed by atoms with E-state index in [1.54, 1.807) is 18.2 Å². The summed E-state index contributed by atoms with van der Waals surface area (Å²) in [5.41, 5.74) is 1.36. The number of hydrogen-bond donors (Lipinski definition) is 2. The van der Waals surface area contributed by atoms with Gasteiger partial charge in [-0.2, -0.15) is 0 Å². The van der Waals surface area contributed by atoms with Crippen molar-refractivity contribution in [3.05, 3.63) is 71.8 Å². The SMILES string of the molecule is COc1cc(OC)cc(C(=O)NCC(=O)N[C@@H](C)c2ccc3ccccc3c2)c1. The van der Waals surface area contributed by atoms with Crippen LogP contribution in [-0.4, -0.2) is 32.6 Å². The van der Waals surface area contributed by atoms with Crippen molar-refractivity contribution < 1.29 is 19.1 Å². The molecular weight excluding hydrogens is 368 g/mol. The van der Waals surface area contributed by atoms with Gasteiger partial charge in [-0.15, -0.1) is 0 Å². The lowest BCUT2D eigenvalue weighted by Gasteiger charge is -2.15. The second kappa shape index (κ2) is 9.10. The van der Waals surface area contributed by atoms with Crippen LogP contribution in [0.5, 0.6) is 11.5 Å². The topological polar surface area (TPSA) is 76.7 Å². The molecule has 0 aliphatic rings. The van der Waals surface area contributed by atoms with Gasteiger partial charge in [0.25, 0.3) is 5.91 Å². The number of amides is 2. The van der Waals surface area contributed by atoms with Gasteiger partial charge in [0.05, 0.1) is 26.8 Å². The van der Waals surface area contributed by atoms with Gasteiger partial charge >= 0.3 is 0 Å². The van der Waals surface area contributed by atoms with Crippen molar-refractivity contribution in [2.45, 2.75) is 13.0 Å². The van der Waals surface area contributed by atoms with Gasteiger partial charge in [0.2, 0.25) is 5.91 Å². The Labute approximate surface area is 169 Å². The van der Waals surface area contributed by atoms with Crippen molar-refractivity contribution in [3.63, 3.8) is 0 Å². The molecule has 29 heavy (non-hydrogen) atoms. The molecule has 0 heterocycles. The van der Waals surface area contributed by atoms with Crippen LogP contribution in [0.25, 0.3) is 10.8 Å². The summed E-state index contributed by atoms with van der Waals surface area (Å²) in [7, 11) is 3.02. The second-order valence-corrected chi connectivity index (χ2v) is 6.68. The molecule has 0 spiro atoms. The Hall–Kier alpha value is -3.54. The van der Waals surface area contributed by atoms with Crippen molar-refractivity contribution in [1.29, 1.82) is 0 Å². The second-order valence-electron chi connectivity index (χ2n) is 6.68. The van der Waals surface area contributed by atoms with Crippen molar-refractivity contribution in [2.24, 2.45) is 0 Å². The normalized spacial score (nSPS) is 11.6. The maximum absolute atomic E-state index is 12.4. The Morgan fingerprint density at radius 1 is 0.897 bits per heavy atom. The fourth-order valence-corrected chi connectivity index (χ4v) is 3.05. The smallest absolute Gasteiger partial charge is 0.251 e. The van der Waals surface area contributed by atoms with Gasteiger partial charge in [0, 0.05) is 11.6 Å². The van der Waals surface area contributed by atoms with Gasteiger partial charge in [-0.1, -0.05) is 36.4 Å². The third-order valence-electron chi connectivity index (χ3n) is 4.67. The fraction of sp³-hybridized carbons (Fsp3) is 0.217. The molecule has 6 heteroatoms. The summed E-state index contributed by atoms with van der Waals surface area (Å²) in [5, 5.41) is 7.80. The van der Waals surface area contributed by atoms with Crippen LogP contribution in [0.4, 0.5) is 0 Å². The molecule has 0 aliphatic heterocycles. The van der Waals surface area contributed by atoms with Crippen molar-refractivity contribution in [3.8, 4) is 11.5 Å². The average molecular weight is 392 g/mol. The minimum Gasteiger partial charge on any atom is -0.497 e. The Balaban J connectivity index is 1.59. The third kappa shape index (κ3) is 5.04. The first-order valence-electron chi connectivity index (χ1n) is 9.29. The largest absolute Gasteiger partial charge is 0.497 e. The van der Waals surface area contributed by atoms with E-state index in [2.05, 4.69) is 16.7 Å². The van der Waals surface area contributed by atoms with Gasteiger partial charge in [0.15, 0.2) is 0 Å². The molecule has 0 aromatic heterocycles. The number of methoxy groups -OCH3 is 2. The van der Waals surface area contributed by atoms with Gasteiger partial charge in [-0.25, -0.2) is 0 Å². The first-order valence-corrected chi connectivity index (χ1v) is 9.29. The fourth-order valence-electron chi connectivity index (χ4n) is 3.05. The van der Waals surface area contributed by atoms with E-state index in [0.717, 1.165) is 16.3 Å². The van der Waals surface area contributed by atoms with Crippen LogP contribution < -0.4 is 20.1 Å². The number of carbonyl (C=O) groups excluding carboxylic acids is 2. The van der Waals surface area contributed by atoms with Gasteiger partial charge in [-0.3, -0.25) is 9.59 Å². The van der Waals surface area contributed by atoms with Crippen LogP contribution in [-0.2, 0) is 4.79 Å². The molecule has 1 atom stereocenters. The summed E-state index contributed by atoms with van der Waals surface area (Å²) in [5.74, 6) is 0.359. The molecule has 2 amide bonds. The number of ether oxygens (including phenoxy) is 2. The molecule has 3 aromatic carbocycles. The zero-order valence-corrected chi connectivity index (χ0v) is 16.7. The maximum Gasteiger partial charge on any atom is 0.251 e. The Bertz CT molecular complexity index is 1010. The number of carbonyl (C=O) groups is 2. The summed E-state index contributed by atoms with van der Waals surface area (Å²) in [6.07, 6.45) is 0. The number of nitrogens with one attached hydrogen (secondary N) is 2. The number of benzene rings is 3. The van der Waals surface area contributed by atoms with Crippen LogP contribution in [0.2, 0.25) is 0 Å². The van der Waals surface area contributed by atoms with Crippen molar-refractivity contribution in [2.75, 3.05) is 20.8 Å². The Morgan fingerprint density at radius 2 is 1.55 bits per heavy atom. The summed E-state index contributed by atoms with van der Waals surface area (Å²) in [6, 6.07) is 18.8. The summed E-state index contributed by atoms with van der Waals surface area (Å²) < 4.78 is 10.3. The minimum absolute atomic E-state index is 0.129. The standard InChI is InChI=1S/C23H24N2O4/c1-15(17-9-8-16-6-4-5-7-18(16)10-17)25-22(26)14-24-23(27)19-11-20(28-2)13-21(12-19)29-3/h4-13,15H,14H2,1-3H3,(H,24,27)(H,25,26)/t15-/m0/s1. The van der Waals surface area contributed by atoms with E-state index in [9.17, 15) is 9.59 Å². The molecule has 2 N–H and O–H groups in total. The monoisotopic (exact) mass is 392 g/mol. The molecule has 0 fully saturated rings. The molecule has 0 saturated carbocycles. The molecule has 0 bridgehead atoms. The van der Waals surface area contributed by atoms with Gasteiger partial charge < -0.3 is 20.1 Å². The molecule has 3 rings (SSSR count). The lowest BCUT2D eigenvalue weighted by Crippen LogP contribution is -2.38. The molecule has 150 valence electrons. The van der Waals surface area contributed by atoms with Gasteiger partial charge in [-0.05, 0) is 41.5 Å². The minimum atomic E-state index is -0.379. The number of fused-ring (bicyclic) bond motifs is 1. The van der Waals surface area contributed by atoms with Crippen LogP contribution in [0.3, 0.4) is 0 Å². The van der Waals surface area contributed by atoms with Crippen molar-refractivity contribution in [1.82, 2.24) is 10.6 Å². The molecule has 3 aromatic rings.